The second-order valence-corrected chi connectivity index (χ2v) is 6.23. The van der Waals surface area contributed by atoms with Crippen LogP contribution in [0.15, 0.2) is 42.5 Å². The number of aryl methyl sites for hydroxylation is 2. The molecule has 3 heteroatoms. The highest BCUT2D eigenvalue weighted by molar-refractivity contribution is 5.38. The van der Waals surface area contributed by atoms with E-state index in [-0.39, 0.29) is 11.7 Å². The molecule has 2 N–H and O–H groups in total. The molecule has 1 aliphatic carbocycles. The van der Waals surface area contributed by atoms with Gasteiger partial charge in [0.1, 0.15) is 11.6 Å². The van der Waals surface area contributed by atoms with Crippen LogP contribution in [0.2, 0.25) is 0 Å². The van der Waals surface area contributed by atoms with Crippen LogP contribution < -0.4 is 10.5 Å². The van der Waals surface area contributed by atoms with E-state index >= 15 is 0 Å². The molecule has 0 aromatic heterocycles. The number of hydrogen-bond acceptors (Lipinski definition) is 2. The molecular formula is C20H24FNO. The summed E-state index contributed by atoms with van der Waals surface area (Å²) < 4.78 is 19.7. The van der Waals surface area contributed by atoms with E-state index in [2.05, 4.69) is 18.2 Å². The first-order valence-electron chi connectivity index (χ1n) is 8.47. The summed E-state index contributed by atoms with van der Waals surface area (Å²) in [5.41, 5.74) is 9.42. The van der Waals surface area contributed by atoms with Gasteiger partial charge < -0.3 is 10.5 Å². The lowest BCUT2D eigenvalue weighted by atomic mass is 9.94. The maximum absolute atomic E-state index is 13.8. The average molecular weight is 313 g/mol. The van der Waals surface area contributed by atoms with Crippen molar-refractivity contribution in [2.75, 3.05) is 13.2 Å². The second kappa shape index (κ2) is 7.60. The van der Waals surface area contributed by atoms with Crippen molar-refractivity contribution in [3.8, 4) is 5.75 Å². The van der Waals surface area contributed by atoms with Crippen molar-refractivity contribution in [2.24, 2.45) is 5.73 Å². The molecule has 1 aliphatic rings. The van der Waals surface area contributed by atoms with E-state index in [1.165, 1.54) is 30.0 Å². The summed E-state index contributed by atoms with van der Waals surface area (Å²) in [6, 6.07) is 13.3. The third-order valence-electron chi connectivity index (χ3n) is 4.67. The second-order valence-electron chi connectivity index (χ2n) is 6.23. The van der Waals surface area contributed by atoms with Gasteiger partial charge in [-0.1, -0.05) is 24.3 Å². The first-order valence-corrected chi connectivity index (χ1v) is 8.47. The van der Waals surface area contributed by atoms with E-state index in [9.17, 15) is 4.39 Å². The molecule has 2 nitrogen and oxygen atoms in total. The normalized spacial score (nSPS) is 14.5. The van der Waals surface area contributed by atoms with Gasteiger partial charge in [0, 0.05) is 0 Å². The minimum atomic E-state index is -0.164. The molecule has 0 radical (unpaired) electrons. The van der Waals surface area contributed by atoms with Crippen molar-refractivity contribution in [2.45, 2.75) is 38.0 Å². The molecule has 1 unspecified atom stereocenters. The van der Waals surface area contributed by atoms with Gasteiger partial charge in [-0.15, -0.1) is 0 Å². The Kier molecular flexibility index (Phi) is 5.29. The minimum absolute atomic E-state index is 0.0554. The Morgan fingerprint density at radius 3 is 2.74 bits per heavy atom. The van der Waals surface area contributed by atoms with Crippen LogP contribution in [0.25, 0.3) is 0 Å². The van der Waals surface area contributed by atoms with Crippen molar-refractivity contribution in [1.29, 1.82) is 0 Å². The lowest BCUT2D eigenvalue weighted by Gasteiger charge is -2.16. The third kappa shape index (κ3) is 3.91. The maximum atomic E-state index is 13.8. The fraction of sp³-hybridized carbons (Fsp3) is 0.400. The highest BCUT2D eigenvalue weighted by atomic mass is 19.1. The molecule has 23 heavy (non-hydrogen) atoms. The zero-order valence-electron chi connectivity index (χ0n) is 13.4. The molecule has 3 rings (SSSR count). The van der Waals surface area contributed by atoms with Gasteiger partial charge in [0.15, 0.2) is 0 Å². The molecule has 0 spiro atoms. The zero-order valence-corrected chi connectivity index (χ0v) is 13.4. The van der Waals surface area contributed by atoms with Gasteiger partial charge in [0.2, 0.25) is 0 Å². The quantitative estimate of drug-likeness (QED) is 0.777. The van der Waals surface area contributed by atoms with Gasteiger partial charge in [-0.3, -0.25) is 0 Å². The zero-order chi connectivity index (χ0) is 16.1. The summed E-state index contributed by atoms with van der Waals surface area (Å²) in [4.78, 5) is 0. The average Bonchev–Trinajstić information content (AvgIpc) is 3.04. The number of halogens is 1. The van der Waals surface area contributed by atoms with Crippen LogP contribution in [-0.4, -0.2) is 13.2 Å². The standard InChI is InChI=1S/C20H24FNO/c21-20-9-2-1-8-19(20)17(14-22)7-4-12-23-18-11-10-15-5-3-6-16(15)13-18/h1-2,8-11,13,17H,3-7,12,14,22H2. The summed E-state index contributed by atoms with van der Waals surface area (Å²) in [7, 11) is 0. The van der Waals surface area contributed by atoms with Gasteiger partial charge in [0.25, 0.3) is 0 Å². The number of rotatable bonds is 7. The van der Waals surface area contributed by atoms with E-state index in [0.29, 0.717) is 18.7 Å². The van der Waals surface area contributed by atoms with Crippen molar-refractivity contribution >= 4 is 0 Å². The highest BCUT2D eigenvalue weighted by Crippen LogP contribution is 2.27. The number of nitrogens with two attached hydrogens (primary N) is 1. The van der Waals surface area contributed by atoms with Gasteiger partial charge in [-0.2, -0.15) is 0 Å². The number of fused-ring (bicyclic) bond motifs is 1. The highest BCUT2D eigenvalue weighted by Gasteiger charge is 2.14. The summed E-state index contributed by atoms with van der Waals surface area (Å²) in [6.07, 6.45) is 5.31. The Morgan fingerprint density at radius 2 is 1.91 bits per heavy atom. The Bertz CT molecular complexity index is 656. The molecule has 2 aromatic carbocycles. The number of hydrogen-bond donors (Lipinski definition) is 1. The molecule has 0 bridgehead atoms. The van der Waals surface area contributed by atoms with Crippen LogP contribution in [-0.2, 0) is 12.8 Å². The van der Waals surface area contributed by atoms with E-state index in [4.69, 9.17) is 10.5 Å². The molecule has 1 atom stereocenters. The van der Waals surface area contributed by atoms with E-state index in [1.807, 2.05) is 12.1 Å². The van der Waals surface area contributed by atoms with Gasteiger partial charge in [-0.25, -0.2) is 4.39 Å². The first-order chi connectivity index (χ1) is 11.3. The molecule has 122 valence electrons. The fourth-order valence-electron chi connectivity index (χ4n) is 3.36. The summed E-state index contributed by atoms with van der Waals surface area (Å²) in [5, 5.41) is 0. The number of benzene rings is 2. The van der Waals surface area contributed by atoms with Gasteiger partial charge >= 0.3 is 0 Å². The van der Waals surface area contributed by atoms with Gasteiger partial charge in [0.05, 0.1) is 6.61 Å². The lowest BCUT2D eigenvalue weighted by molar-refractivity contribution is 0.301. The monoisotopic (exact) mass is 313 g/mol. The predicted octanol–water partition coefficient (Wildman–Crippen LogP) is 4.22. The smallest absolute Gasteiger partial charge is 0.126 e. The summed E-state index contributed by atoms with van der Waals surface area (Å²) >= 11 is 0. The SMILES string of the molecule is NCC(CCCOc1ccc2c(c1)CCC2)c1ccccc1F. The number of ether oxygens (including phenoxy) is 1. The van der Waals surface area contributed by atoms with Gasteiger partial charge in [-0.05, 0) is 79.5 Å². The molecule has 0 fully saturated rings. The van der Waals surface area contributed by atoms with Crippen LogP contribution in [0.5, 0.6) is 5.75 Å². The Hall–Kier alpha value is -1.87. The first kappa shape index (κ1) is 16.0. The molecular weight excluding hydrogens is 289 g/mol. The summed E-state index contributed by atoms with van der Waals surface area (Å²) in [6.45, 7) is 1.10. The van der Waals surface area contributed by atoms with E-state index < -0.39 is 0 Å². The molecule has 0 saturated carbocycles. The molecule has 0 aliphatic heterocycles. The van der Waals surface area contributed by atoms with Crippen molar-refractivity contribution in [3.05, 3.63) is 65.0 Å². The Morgan fingerprint density at radius 1 is 1.09 bits per heavy atom. The van der Waals surface area contributed by atoms with Crippen LogP contribution >= 0.6 is 0 Å². The van der Waals surface area contributed by atoms with Crippen LogP contribution in [0, 0.1) is 5.82 Å². The van der Waals surface area contributed by atoms with Crippen LogP contribution in [0.4, 0.5) is 4.39 Å². The van der Waals surface area contributed by atoms with E-state index in [0.717, 1.165) is 25.0 Å². The Labute approximate surface area is 137 Å². The minimum Gasteiger partial charge on any atom is -0.494 e. The predicted molar refractivity (Wildman–Crippen MR) is 91.4 cm³/mol. The lowest BCUT2D eigenvalue weighted by Crippen LogP contribution is -2.15. The summed E-state index contributed by atoms with van der Waals surface area (Å²) in [5.74, 6) is 0.836. The molecule has 0 heterocycles. The largest absolute Gasteiger partial charge is 0.494 e. The molecule has 0 saturated heterocycles. The Balaban J connectivity index is 1.50. The van der Waals surface area contributed by atoms with Crippen molar-refractivity contribution in [1.82, 2.24) is 0 Å². The van der Waals surface area contributed by atoms with Crippen LogP contribution in [0.3, 0.4) is 0 Å². The fourth-order valence-corrected chi connectivity index (χ4v) is 3.36. The molecule has 2 aromatic rings. The third-order valence-corrected chi connectivity index (χ3v) is 4.67. The maximum Gasteiger partial charge on any atom is 0.126 e. The van der Waals surface area contributed by atoms with Crippen molar-refractivity contribution in [3.63, 3.8) is 0 Å². The van der Waals surface area contributed by atoms with Crippen LogP contribution in [0.1, 0.15) is 41.9 Å². The topological polar surface area (TPSA) is 35.2 Å². The van der Waals surface area contributed by atoms with Crippen molar-refractivity contribution < 1.29 is 9.13 Å². The van der Waals surface area contributed by atoms with E-state index in [1.54, 1.807) is 6.07 Å². The molecule has 0 amide bonds.